The largest absolute Gasteiger partial charge is 0.261 e. The van der Waals surface area contributed by atoms with E-state index in [0.29, 0.717) is 0 Å². The van der Waals surface area contributed by atoms with Crippen LogP contribution in [0.15, 0.2) is 28.4 Å². The van der Waals surface area contributed by atoms with Crippen LogP contribution in [0.3, 0.4) is 0 Å². The molecule has 0 atom stereocenters. The van der Waals surface area contributed by atoms with Crippen molar-refractivity contribution in [1.82, 2.24) is 0 Å². The van der Waals surface area contributed by atoms with Crippen molar-refractivity contribution in [3.05, 3.63) is 23.4 Å². The summed E-state index contributed by atoms with van der Waals surface area (Å²) < 4.78 is 0. The van der Waals surface area contributed by atoms with Crippen LogP contribution in [0.2, 0.25) is 0 Å². The van der Waals surface area contributed by atoms with Crippen LogP contribution in [0.5, 0.6) is 0 Å². The van der Waals surface area contributed by atoms with Gasteiger partial charge in [-0.25, -0.2) is 0 Å². The Morgan fingerprint density at radius 1 is 1.33 bits per heavy atom. The second-order valence-corrected chi connectivity index (χ2v) is 4.33. The van der Waals surface area contributed by atoms with E-state index in [1.54, 1.807) is 0 Å². The average Bonchev–Trinajstić information content (AvgIpc) is 2.11. The quantitative estimate of drug-likeness (QED) is 0.519. The lowest BCUT2D eigenvalue weighted by atomic mass is 9.91. The normalized spacial score (nSPS) is 18.3. The number of nitrogens with zero attached hydrogens (tertiary/aromatic N) is 1. The first-order chi connectivity index (χ1) is 5.50. The van der Waals surface area contributed by atoms with Gasteiger partial charge in [-0.1, -0.05) is 32.4 Å². The highest BCUT2D eigenvalue weighted by atomic mass is 14.8. The second-order valence-electron chi connectivity index (χ2n) is 4.33. The van der Waals surface area contributed by atoms with Crippen molar-refractivity contribution in [3.63, 3.8) is 0 Å². The summed E-state index contributed by atoms with van der Waals surface area (Å²) in [6.45, 7) is 8.71. The van der Waals surface area contributed by atoms with Gasteiger partial charge < -0.3 is 0 Å². The topological polar surface area (TPSA) is 12.4 Å². The lowest BCUT2D eigenvalue weighted by Crippen LogP contribution is -2.07. The van der Waals surface area contributed by atoms with Crippen molar-refractivity contribution in [3.8, 4) is 0 Å². The maximum atomic E-state index is 4.40. The third-order valence-corrected chi connectivity index (χ3v) is 1.96. The Morgan fingerprint density at radius 3 is 2.58 bits per heavy atom. The fourth-order valence-corrected chi connectivity index (χ4v) is 1.12. The Bertz CT molecular complexity index is 249. The van der Waals surface area contributed by atoms with Gasteiger partial charge >= 0.3 is 0 Å². The average molecular weight is 163 g/mol. The summed E-state index contributed by atoms with van der Waals surface area (Å²) >= 11 is 0. The lowest BCUT2D eigenvalue weighted by molar-refractivity contribution is 0.497. The van der Waals surface area contributed by atoms with Crippen molar-refractivity contribution in [2.75, 3.05) is 0 Å². The van der Waals surface area contributed by atoms with Crippen LogP contribution in [-0.2, 0) is 0 Å². The molecule has 0 bridgehead atoms. The van der Waals surface area contributed by atoms with E-state index in [-0.39, 0.29) is 5.41 Å². The molecule has 0 amide bonds. The van der Waals surface area contributed by atoms with Gasteiger partial charge in [-0.15, -0.1) is 0 Å². The van der Waals surface area contributed by atoms with E-state index in [0.717, 1.165) is 6.42 Å². The smallest absolute Gasteiger partial charge is 0.0420 e. The molecular weight excluding hydrogens is 146 g/mol. The van der Waals surface area contributed by atoms with E-state index in [9.17, 15) is 0 Å². The lowest BCUT2D eigenvalue weighted by Gasteiger charge is -2.18. The molecule has 1 heteroatoms. The molecule has 0 unspecified atom stereocenters. The fourth-order valence-electron chi connectivity index (χ4n) is 1.12. The summed E-state index contributed by atoms with van der Waals surface area (Å²) in [5.74, 6) is 0. The number of rotatable bonds is 0. The molecule has 0 spiro atoms. The van der Waals surface area contributed by atoms with E-state index in [1.165, 1.54) is 11.3 Å². The van der Waals surface area contributed by atoms with Gasteiger partial charge in [0.1, 0.15) is 0 Å². The highest BCUT2D eigenvalue weighted by Crippen LogP contribution is 2.27. The van der Waals surface area contributed by atoms with Gasteiger partial charge in [-0.3, -0.25) is 4.99 Å². The van der Waals surface area contributed by atoms with E-state index in [2.05, 4.69) is 44.8 Å². The van der Waals surface area contributed by atoms with Gasteiger partial charge in [-0.2, -0.15) is 0 Å². The standard InChI is InChI=1S/C11H17N/c1-9-5-6-10(11(2,3)4)12-8-7-9/h6-8H,5H2,1-4H3. The minimum atomic E-state index is 0.176. The summed E-state index contributed by atoms with van der Waals surface area (Å²) in [6.07, 6.45) is 7.23. The molecule has 0 saturated carbocycles. The maximum Gasteiger partial charge on any atom is 0.0420 e. The first-order valence-corrected chi connectivity index (χ1v) is 4.40. The highest BCUT2D eigenvalue weighted by molar-refractivity contribution is 5.74. The van der Waals surface area contributed by atoms with Crippen LogP contribution in [0.4, 0.5) is 0 Å². The van der Waals surface area contributed by atoms with Crippen LogP contribution in [-0.4, -0.2) is 6.21 Å². The number of hydrogen-bond donors (Lipinski definition) is 0. The van der Waals surface area contributed by atoms with E-state index < -0.39 is 0 Å². The number of hydrogen-bond acceptors (Lipinski definition) is 1. The Morgan fingerprint density at radius 2 is 2.00 bits per heavy atom. The molecule has 0 saturated heterocycles. The molecule has 1 rings (SSSR count). The molecule has 1 nitrogen and oxygen atoms in total. The molecule has 0 aliphatic carbocycles. The van der Waals surface area contributed by atoms with Crippen LogP contribution in [0.25, 0.3) is 0 Å². The zero-order chi connectivity index (χ0) is 9.19. The van der Waals surface area contributed by atoms with Crippen LogP contribution < -0.4 is 0 Å². The van der Waals surface area contributed by atoms with Gasteiger partial charge in [0.15, 0.2) is 0 Å². The van der Waals surface area contributed by atoms with Gasteiger partial charge in [-0.05, 0) is 19.4 Å². The second kappa shape index (κ2) is 3.26. The molecule has 12 heavy (non-hydrogen) atoms. The molecular formula is C11H17N. The Hall–Kier alpha value is -0.850. The first kappa shape index (κ1) is 9.24. The molecule has 1 heterocycles. The monoisotopic (exact) mass is 163 g/mol. The Kier molecular flexibility index (Phi) is 2.51. The summed E-state index contributed by atoms with van der Waals surface area (Å²) in [5, 5.41) is 0. The summed E-state index contributed by atoms with van der Waals surface area (Å²) in [6, 6.07) is 0. The SMILES string of the molecule is CC1=CC=NC(C(C)(C)C)=CC1. The predicted octanol–water partition coefficient (Wildman–Crippen LogP) is 3.34. The molecule has 1 aliphatic rings. The maximum absolute atomic E-state index is 4.40. The van der Waals surface area contributed by atoms with E-state index in [4.69, 9.17) is 0 Å². The van der Waals surface area contributed by atoms with E-state index in [1.807, 2.05) is 6.21 Å². The zero-order valence-corrected chi connectivity index (χ0v) is 8.39. The predicted molar refractivity (Wildman–Crippen MR) is 54.4 cm³/mol. The highest BCUT2D eigenvalue weighted by Gasteiger charge is 2.16. The van der Waals surface area contributed by atoms with Crippen molar-refractivity contribution in [2.24, 2.45) is 10.4 Å². The summed E-state index contributed by atoms with van der Waals surface area (Å²) in [4.78, 5) is 4.40. The molecule has 0 aromatic rings. The van der Waals surface area contributed by atoms with E-state index >= 15 is 0 Å². The van der Waals surface area contributed by atoms with Gasteiger partial charge in [0.2, 0.25) is 0 Å². The summed E-state index contributed by atoms with van der Waals surface area (Å²) in [5.41, 5.74) is 2.74. The van der Waals surface area contributed by atoms with Crippen LogP contribution in [0, 0.1) is 5.41 Å². The van der Waals surface area contributed by atoms with Crippen LogP contribution in [0.1, 0.15) is 34.1 Å². The molecule has 0 N–H and O–H groups in total. The van der Waals surface area contributed by atoms with Gasteiger partial charge in [0.05, 0.1) is 0 Å². The third kappa shape index (κ3) is 2.33. The minimum absolute atomic E-state index is 0.176. The molecule has 0 aromatic carbocycles. The van der Waals surface area contributed by atoms with Crippen molar-refractivity contribution in [1.29, 1.82) is 0 Å². The van der Waals surface area contributed by atoms with Crippen molar-refractivity contribution >= 4 is 6.21 Å². The number of aliphatic imine (C=N–C) groups is 1. The van der Waals surface area contributed by atoms with Crippen molar-refractivity contribution < 1.29 is 0 Å². The molecule has 0 aromatic heterocycles. The third-order valence-electron chi connectivity index (χ3n) is 1.96. The first-order valence-electron chi connectivity index (χ1n) is 4.40. The molecule has 1 aliphatic heterocycles. The van der Waals surface area contributed by atoms with Crippen LogP contribution >= 0.6 is 0 Å². The molecule has 0 fully saturated rings. The van der Waals surface area contributed by atoms with Gasteiger partial charge in [0.25, 0.3) is 0 Å². The molecule has 0 radical (unpaired) electrons. The van der Waals surface area contributed by atoms with Crippen molar-refractivity contribution in [2.45, 2.75) is 34.1 Å². The van der Waals surface area contributed by atoms with Gasteiger partial charge in [0, 0.05) is 17.3 Å². The Balaban J connectivity index is 2.85. The zero-order valence-electron chi connectivity index (χ0n) is 8.39. The summed E-state index contributed by atoms with van der Waals surface area (Å²) in [7, 11) is 0. The Labute approximate surface area is 74.9 Å². The number of allylic oxidation sites excluding steroid dienone is 4. The molecule has 66 valence electrons. The fraction of sp³-hybridized carbons (Fsp3) is 0.545. The minimum Gasteiger partial charge on any atom is -0.261 e.